The average molecular weight is 290 g/mol. The normalized spacial score (nSPS) is 48.0. The quantitative estimate of drug-likeness (QED) is 0.549. The fourth-order valence-corrected chi connectivity index (χ4v) is 2.95. The Balaban J connectivity index is 1.37. The maximum absolute atomic E-state index is 5.77. The van der Waals surface area contributed by atoms with E-state index in [1.54, 1.807) is 0 Å². The second-order valence-electron chi connectivity index (χ2n) is 5.03. The summed E-state index contributed by atoms with van der Waals surface area (Å²) >= 11 is 0. The highest BCUT2D eigenvalue weighted by molar-refractivity contribution is 4.95. The largest absolute Gasteiger partial charge is 0.415 e. The van der Waals surface area contributed by atoms with Gasteiger partial charge < -0.3 is 28.4 Å². The van der Waals surface area contributed by atoms with Crippen molar-refractivity contribution in [3.8, 4) is 0 Å². The summed E-state index contributed by atoms with van der Waals surface area (Å²) in [5.74, 6) is 0. The number of hydrogen-bond donors (Lipinski definition) is 0. The van der Waals surface area contributed by atoms with Crippen molar-refractivity contribution in [1.29, 1.82) is 0 Å². The summed E-state index contributed by atoms with van der Waals surface area (Å²) in [7, 11) is 0. The van der Waals surface area contributed by atoms with E-state index in [-0.39, 0.29) is 12.7 Å². The first-order chi connectivity index (χ1) is 9.78. The molecule has 0 saturated carbocycles. The summed E-state index contributed by atoms with van der Waals surface area (Å²) in [5, 5.41) is 0. The number of fused-ring (bicyclic) bond motifs is 3. The molecule has 0 aliphatic carbocycles. The number of hydrogen-bond acceptors (Lipinski definition) is 9. The van der Waals surface area contributed by atoms with Gasteiger partial charge in [0.05, 0.1) is 33.0 Å². The standard InChI is InChI=1S/C11H14O9/c1-2-13-10(12-1)16-5-6-7(18-10)8-9(17-6)20-11(19-8)14-3-4-15-11/h6-9H,1-5H2/t6-,7+,8-,9-/m1/s1. The monoisotopic (exact) mass is 290 g/mol. The summed E-state index contributed by atoms with van der Waals surface area (Å²) in [6, 6.07) is 0. The van der Waals surface area contributed by atoms with E-state index in [4.69, 9.17) is 42.6 Å². The van der Waals surface area contributed by atoms with Gasteiger partial charge in [-0.15, -0.1) is 0 Å². The Morgan fingerprint density at radius 2 is 1.30 bits per heavy atom. The lowest BCUT2D eigenvalue weighted by molar-refractivity contribution is -0.510. The van der Waals surface area contributed by atoms with Crippen molar-refractivity contribution in [2.75, 3.05) is 33.0 Å². The molecule has 9 heteroatoms. The van der Waals surface area contributed by atoms with E-state index in [2.05, 4.69) is 0 Å². The Bertz CT molecular complexity index is 403. The highest BCUT2D eigenvalue weighted by atomic mass is 17.1. The van der Waals surface area contributed by atoms with Crippen LogP contribution in [0.1, 0.15) is 0 Å². The van der Waals surface area contributed by atoms with Gasteiger partial charge in [-0.3, -0.25) is 14.2 Å². The van der Waals surface area contributed by atoms with Crippen LogP contribution in [0.15, 0.2) is 0 Å². The SMILES string of the molecule is C1COC2(O1)OC[C@H]1O[C@@H]3OC4(OCCO4)O[C@@H]3[C@H]1O2. The minimum absolute atomic E-state index is 0.277. The Kier molecular flexibility index (Phi) is 2.50. The molecule has 0 aromatic carbocycles. The maximum Gasteiger partial charge on any atom is 0.415 e. The molecule has 0 unspecified atom stereocenters. The third-order valence-electron chi connectivity index (χ3n) is 3.80. The molecular formula is C11H14O9. The van der Waals surface area contributed by atoms with E-state index in [1.807, 2.05) is 0 Å². The predicted octanol–water partition coefficient (Wildman–Crippen LogP) is -1.14. The minimum atomic E-state index is -1.47. The molecule has 112 valence electrons. The van der Waals surface area contributed by atoms with Gasteiger partial charge in [0.25, 0.3) is 0 Å². The van der Waals surface area contributed by atoms with Crippen LogP contribution in [0, 0.1) is 0 Å². The molecule has 0 aromatic rings. The average Bonchev–Trinajstić information content (AvgIpc) is 3.19. The molecule has 0 aromatic heterocycles. The summed E-state index contributed by atoms with van der Waals surface area (Å²) in [4.78, 5) is 0. The second-order valence-corrected chi connectivity index (χ2v) is 5.03. The van der Waals surface area contributed by atoms with Gasteiger partial charge in [0.2, 0.25) is 0 Å². The molecule has 5 saturated heterocycles. The zero-order chi connectivity index (χ0) is 13.2. The van der Waals surface area contributed by atoms with Crippen molar-refractivity contribution in [3.63, 3.8) is 0 Å². The molecule has 5 aliphatic rings. The van der Waals surface area contributed by atoms with E-state index >= 15 is 0 Å². The van der Waals surface area contributed by atoms with E-state index < -0.39 is 30.8 Å². The van der Waals surface area contributed by atoms with Crippen molar-refractivity contribution >= 4 is 0 Å². The van der Waals surface area contributed by atoms with Crippen molar-refractivity contribution < 1.29 is 42.6 Å². The van der Waals surface area contributed by atoms with Crippen LogP contribution in [0.3, 0.4) is 0 Å². The van der Waals surface area contributed by atoms with Gasteiger partial charge in [-0.2, -0.15) is 0 Å². The first kappa shape index (κ1) is 12.2. The zero-order valence-electron chi connectivity index (χ0n) is 10.5. The van der Waals surface area contributed by atoms with E-state index in [0.717, 1.165) is 0 Å². The summed E-state index contributed by atoms with van der Waals surface area (Å²) < 4.78 is 49.7. The fourth-order valence-electron chi connectivity index (χ4n) is 2.95. The number of rotatable bonds is 0. The first-order valence-corrected chi connectivity index (χ1v) is 6.66. The Morgan fingerprint density at radius 3 is 2.05 bits per heavy atom. The van der Waals surface area contributed by atoms with Crippen LogP contribution < -0.4 is 0 Å². The van der Waals surface area contributed by atoms with Crippen LogP contribution >= 0.6 is 0 Å². The second kappa shape index (κ2) is 4.09. The lowest BCUT2D eigenvalue weighted by atomic mass is 10.1. The van der Waals surface area contributed by atoms with Crippen LogP contribution in [0.5, 0.6) is 0 Å². The molecule has 2 spiro atoms. The molecular weight excluding hydrogens is 276 g/mol. The smallest absolute Gasteiger partial charge is 0.341 e. The lowest BCUT2D eigenvalue weighted by Crippen LogP contribution is -2.54. The molecule has 5 aliphatic heterocycles. The first-order valence-electron chi connectivity index (χ1n) is 6.66. The van der Waals surface area contributed by atoms with Crippen molar-refractivity contribution in [2.24, 2.45) is 0 Å². The topological polar surface area (TPSA) is 83.1 Å². The van der Waals surface area contributed by atoms with Crippen LogP contribution in [-0.4, -0.2) is 70.0 Å². The molecule has 0 bridgehead atoms. The molecule has 9 nitrogen and oxygen atoms in total. The van der Waals surface area contributed by atoms with Gasteiger partial charge >= 0.3 is 12.3 Å². The van der Waals surface area contributed by atoms with E-state index in [1.165, 1.54) is 0 Å². The van der Waals surface area contributed by atoms with Gasteiger partial charge in [0.1, 0.15) is 18.3 Å². The van der Waals surface area contributed by atoms with Gasteiger partial charge in [0, 0.05) is 0 Å². The van der Waals surface area contributed by atoms with Crippen LogP contribution in [-0.2, 0) is 42.6 Å². The van der Waals surface area contributed by atoms with Crippen LogP contribution in [0.4, 0.5) is 0 Å². The van der Waals surface area contributed by atoms with Crippen molar-refractivity contribution in [1.82, 2.24) is 0 Å². The number of ether oxygens (including phenoxy) is 9. The fraction of sp³-hybridized carbons (Fsp3) is 1.00. The third-order valence-corrected chi connectivity index (χ3v) is 3.80. The van der Waals surface area contributed by atoms with Crippen molar-refractivity contribution in [2.45, 2.75) is 36.9 Å². The Labute approximate surface area is 113 Å². The molecule has 5 heterocycles. The van der Waals surface area contributed by atoms with Crippen LogP contribution in [0.2, 0.25) is 0 Å². The molecule has 5 fully saturated rings. The molecule has 0 radical (unpaired) electrons. The van der Waals surface area contributed by atoms with Gasteiger partial charge in [-0.1, -0.05) is 0 Å². The van der Waals surface area contributed by atoms with Gasteiger partial charge in [0.15, 0.2) is 6.29 Å². The van der Waals surface area contributed by atoms with Crippen LogP contribution in [0.25, 0.3) is 0 Å². The zero-order valence-corrected chi connectivity index (χ0v) is 10.5. The summed E-state index contributed by atoms with van der Waals surface area (Å²) in [5.41, 5.74) is 0. The Hall–Kier alpha value is -0.360. The molecule has 4 atom stereocenters. The highest BCUT2D eigenvalue weighted by Crippen LogP contribution is 2.45. The van der Waals surface area contributed by atoms with E-state index in [9.17, 15) is 0 Å². The molecule has 0 amide bonds. The highest BCUT2D eigenvalue weighted by Gasteiger charge is 2.65. The molecule has 20 heavy (non-hydrogen) atoms. The Morgan fingerprint density at radius 1 is 0.650 bits per heavy atom. The summed E-state index contributed by atoms with van der Waals surface area (Å²) in [6.07, 6.45) is -4.75. The van der Waals surface area contributed by atoms with Gasteiger partial charge in [-0.05, 0) is 0 Å². The van der Waals surface area contributed by atoms with E-state index in [0.29, 0.717) is 26.4 Å². The van der Waals surface area contributed by atoms with Gasteiger partial charge in [-0.25, -0.2) is 0 Å². The minimum Gasteiger partial charge on any atom is -0.341 e. The summed E-state index contributed by atoms with van der Waals surface area (Å²) in [6.45, 7) is 1.93. The predicted molar refractivity (Wildman–Crippen MR) is 54.7 cm³/mol. The maximum atomic E-state index is 5.77. The third kappa shape index (κ3) is 1.64. The molecule has 0 N–H and O–H groups in total. The molecule has 5 rings (SSSR count). The lowest BCUT2D eigenvalue weighted by Gasteiger charge is -2.37. The van der Waals surface area contributed by atoms with Crippen molar-refractivity contribution in [3.05, 3.63) is 0 Å².